The second kappa shape index (κ2) is 12.5. The van der Waals surface area contributed by atoms with Crippen molar-refractivity contribution in [1.82, 2.24) is 14.9 Å². The van der Waals surface area contributed by atoms with Crippen LogP contribution in [0.2, 0.25) is 5.02 Å². The van der Waals surface area contributed by atoms with E-state index in [-0.39, 0.29) is 23.8 Å². The number of esters is 1. The van der Waals surface area contributed by atoms with Gasteiger partial charge in [0, 0.05) is 36.7 Å². The number of carbonyl (C=O) groups is 1. The van der Waals surface area contributed by atoms with Gasteiger partial charge in [-0.1, -0.05) is 32.4 Å². The zero-order chi connectivity index (χ0) is 30.9. The Morgan fingerprint density at radius 3 is 2.55 bits per heavy atom. The third-order valence-electron chi connectivity index (χ3n) is 8.56. The van der Waals surface area contributed by atoms with Gasteiger partial charge in [0.05, 0.1) is 35.4 Å². The highest BCUT2D eigenvalue weighted by Crippen LogP contribution is 2.48. The van der Waals surface area contributed by atoms with E-state index >= 15 is 0 Å². The van der Waals surface area contributed by atoms with Crippen molar-refractivity contribution in [3.05, 3.63) is 45.2 Å². The molecule has 1 fully saturated rings. The number of nitrogens with zero attached hydrogens (tertiary/aromatic N) is 5. The van der Waals surface area contributed by atoms with Crippen LogP contribution in [0.1, 0.15) is 96.0 Å². The van der Waals surface area contributed by atoms with Crippen molar-refractivity contribution >= 4 is 34.8 Å². The van der Waals surface area contributed by atoms with Crippen molar-refractivity contribution in [3.63, 3.8) is 0 Å². The molecule has 0 bridgehead atoms. The van der Waals surface area contributed by atoms with Crippen LogP contribution in [0, 0.1) is 17.2 Å². The number of rotatable bonds is 10. The maximum atomic E-state index is 12.9. The minimum atomic E-state index is -0.795. The first-order valence-electron chi connectivity index (χ1n) is 14.7. The lowest BCUT2D eigenvalue weighted by Gasteiger charge is -2.48. The standard InChI is InChI=1S/C32H43ClN6O3/c1-9-21-15-39(30-26(19(21)5)29(35)36-17-37-30)20(6)23-11-25(33)24(12-34)27(28(23)41-10-2)22-13-38(14-22)32(7,8)31(40)42-16-18(3)4/h11,17-18,20,22H,9-10,13-16H2,1-8H3,(H2,35,36,37). The molecular weight excluding hydrogens is 552 g/mol. The van der Waals surface area contributed by atoms with E-state index in [1.807, 2.05) is 40.7 Å². The average Bonchev–Trinajstić information content (AvgIpc) is 2.91. The number of hydrogen-bond acceptors (Lipinski definition) is 9. The lowest BCUT2D eigenvalue weighted by atomic mass is 9.82. The molecule has 10 heteroatoms. The fraction of sp³-hybridized carbons (Fsp3) is 0.562. The van der Waals surface area contributed by atoms with E-state index in [9.17, 15) is 10.1 Å². The zero-order valence-corrected chi connectivity index (χ0v) is 26.8. The van der Waals surface area contributed by atoms with E-state index in [2.05, 4.69) is 46.6 Å². The largest absolute Gasteiger partial charge is 0.493 e. The summed E-state index contributed by atoms with van der Waals surface area (Å²) in [5.74, 6) is 1.86. The molecule has 9 nitrogen and oxygen atoms in total. The highest BCUT2D eigenvalue weighted by Gasteiger charge is 2.46. The molecule has 4 rings (SSSR count). The molecule has 0 amide bonds. The fourth-order valence-electron chi connectivity index (χ4n) is 5.86. The predicted octanol–water partition coefficient (Wildman–Crippen LogP) is 6.12. The highest BCUT2D eigenvalue weighted by atomic mass is 35.5. The van der Waals surface area contributed by atoms with Gasteiger partial charge in [-0.2, -0.15) is 5.26 Å². The molecule has 0 radical (unpaired) electrons. The molecular formula is C32H43ClN6O3. The topological polar surface area (TPSA) is 118 Å². The Morgan fingerprint density at radius 1 is 1.26 bits per heavy atom. The number of halogens is 1. The fourth-order valence-corrected chi connectivity index (χ4v) is 6.13. The molecule has 1 unspecified atom stereocenters. The first-order chi connectivity index (χ1) is 19.9. The summed E-state index contributed by atoms with van der Waals surface area (Å²) in [5, 5.41) is 10.6. The van der Waals surface area contributed by atoms with Crippen molar-refractivity contribution < 1.29 is 14.3 Å². The normalized spacial score (nSPS) is 16.6. The number of hydrogen-bond donors (Lipinski definition) is 1. The van der Waals surface area contributed by atoms with E-state index in [0.29, 0.717) is 55.0 Å². The number of nitrogen functional groups attached to an aromatic ring is 1. The highest BCUT2D eigenvalue weighted by molar-refractivity contribution is 6.32. The van der Waals surface area contributed by atoms with Gasteiger partial charge in [-0.3, -0.25) is 9.69 Å². The molecule has 0 spiro atoms. The molecule has 42 heavy (non-hydrogen) atoms. The van der Waals surface area contributed by atoms with E-state index in [4.69, 9.17) is 26.8 Å². The van der Waals surface area contributed by atoms with Crippen molar-refractivity contribution in [3.8, 4) is 11.8 Å². The quantitative estimate of drug-likeness (QED) is 0.324. The number of carbonyl (C=O) groups excluding carboxylic acids is 1. The third kappa shape index (κ3) is 5.67. The summed E-state index contributed by atoms with van der Waals surface area (Å²) in [6.07, 6.45) is 2.36. The van der Waals surface area contributed by atoms with Gasteiger partial charge in [0.25, 0.3) is 0 Å². The van der Waals surface area contributed by atoms with Crippen LogP contribution in [0.25, 0.3) is 5.57 Å². The summed E-state index contributed by atoms with van der Waals surface area (Å²) < 4.78 is 11.9. The second-order valence-electron chi connectivity index (χ2n) is 12.1. The molecule has 2 aliphatic heterocycles. The Bertz CT molecular complexity index is 1420. The van der Waals surface area contributed by atoms with Crippen LogP contribution in [0.15, 0.2) is 18.0 Å². The summed E-state index contributed by atoms with van der Waals surface area (Å²) in [7, 11) is 0. The maximum absolute atomic E-state index is 12.9. The molecule has 3 heterocycles. The SMILES string of the molecule is CCOc1c(C(C)N2CC(CC)=C(C)c3c(N)ncnc32)cc(Cl)c(C#N)c1C1CN(C(C)(C)C(=O)OCC(C)C)C1. The van der Waals surface area contributed by atoms with Crippen molar-refractivity contribution in [2.24, 2.45) is 5.92 Å². The molecule has 0 aliphatic carbocycles. The van der Waals surface area contributed by atoms with Gasteiger partial charge in [0.2, 0.25) is 0 Å². The van der Waals surface area contributed by atoms with Crippen LogP contribution in [0.3, 0.4) is 0 Å². The Morgan fingerprint density at radius 2 is 1.95 bits per heavy atom. The first kappa shape index (κ1) is 31.6. The molecule has 226 valence electrons. The van der Waals surface area contributed by atoms with Crippen LogP contribution in [0.4, 0.5) is 11.6 Å². The second-order valence-corrected chi connectivity index (χ2v) is 12.5. The van der Waals surface area contributed by atoms with Crippen molar-refractivity contribution in [2.45, 2.75) is 79.3 Å². The number of nitriles is 1. The van der Waals surface area contributed by atoms with Crippen LogP contribution in [-0.2, 0) is 9.53 Å². The van der Waals surface area contributed by atoms with Crippen LogP contribution < -0.4 is 15.4 Å². The lowest BCUT2D eigenvalue weighted by molar-refractivity contribution is -0.160. The van der Waals surface area contributed by atoms with Crippen molar-refractivity contribution in [1.29, 1.82) is 5.26 Å². The minimum Gasteiger partial charge on any atom is -0.493 e. The number of likely N-dealkylation sites (tertiary alicyclic amines) is 1. The summed E-state index contributed by atoms with van der Waals surface area (Å²) in [6, 6.07) is 3.99. The van der Waals surface area contributed by atoms with Crippen LogP contribution in [-0.4, -0.2) is 59.2 Å². The number of anilines is 2. The van der Waals surface area contributed by atoms with Gasteiger partial charge < -0.3 is 20.1 Å². The monoisotopic (exact) mass is 594 g/mol. The summed E-state index contributed by atoms with van der Waals surface area (Å²) in [5.41, 5.74) is 10.9. The van der Waals surface area contributed by atoms with Gasteiger partial charge in [-0.25, -0.2) is 9.97 Å². The smallest absolute Gasteiger partial charge is 0.325 e. The van der Waals surface area contributed by atoms with Crippen LogP contribution in [0.5, 0.6) is 5.75 Å². The van der Waals surface area contributed by atoms with Gasteiger partial charge >= 0.3 is 5.97 Å². The molecule has 1 aromatic carbocycles. The zero-order valence-electron chi connectivity index (χ0n) is 26.0. The minimum absolute atomic E-state index is 0.0389. The molecule has 1 saturated heterocycles. The molecule has 1 atom stereocenters. The molecule has 2 aliphatic rings. The average molecular weight is 595 g/mol. The third-order valence-corrected chi connectivity index (χ3v) is 8.86. The summed E-state index contributed by atoms with van der Waals surface area (Å²) >= 11 is 6.83. The molecule has 0 saturated carbocycles. The predicted molar refractivity (Wildman–Crippen MR) is 167 cm³/mol. The number of allylic oxidation sites excluding steroid dienone is 1. The van der Waals surface area contributed by atoms with Gasteiger partial charge in [-0.05, 0) is 64.2 Å². The number of ether oxygens (including phenoxy) is 2. The van der Waals surface area contributed by atoms with Crippen molar-refractivity contribution in [2.75, 3.05) is 43.5 Å². The Balaban J connectivity index is 1.74. The summed E-state index contributed by atoms with van der Waals surface area (Å²) in [4.78, 5) is 26.1. The van der Waals surface area contributed by atoms with E-state index < -0.39 is 5.54 Å². The van der Waals surface area contributed by atoms with Gasteiger partial charge in [0.1, 0.15) is 35.3 Å². The van der Waals surface area contributed by atoms with E-state index in [0.717, 1.165) is 34.5 Å². The molecule has 1 aromatic heterocycles. The Labute approximate surface area is 254 Å². The maximum Gasteiger partial charge on any atom is 0.325 e. The number of benzene rings is 1. The lowest BCUT2D eigenvalue weighted by Crippen LogP contribution is -2.60. The van der Waals surface area contributed by atoms with Gasteiger partial charge in [-0.15, -0.1) is 0 Å². The first-order valence-corrected chi connectivity index (χ1v) is 15.1. The molecule has 2 N–H and O–H groups in total. The van der Waals surface area contributed by atoms with Gasteiger partial charge in [0.15, 0.2) is 0 Å². The Hall–Kier alpha value is -3.35. The molecule has 2 aromatic rings. The number of aromatic nitrogens is 2. The van der Waals surface area contributed by atoms with E-state index in [1.54, 1.807) is 0 Å². The Kier molecular flexibility index (Phi) is 9.39. The number of fused-ring (bicyclic) bond motifs is 1. The van der Waals surface area contributed by atoms with Crippen LogP contribution >= 0.6 is 11.6 Å². The summed E-state index contributed by atoms with van der Waals surface area (Å²) in [6.45, 7) is 18.7. The van der Waals surface area contributed by atoms with E-state index in [1.165, 1.54) is 11.9 Å². The number of nitrogens with two attached hydrogens (primary N) is 1.